The summed E-state index contributed by atoms with van der Waals surface area (Å²) >= 11 is 0. The summed E-state index contributed by atoms with van der Waals surface area (Å²) < 4.78 is 0. The molecule has 0 aliphatic carbocycles. The van der Waals surface area contributed by atoms with E-state index in [9.17, 15) is 19.8 Å². The predicted molar refractivity (Wildman–Crippen MR) is 114 cm³/mol. The first-order valence-electron chi connectivity index (χ1n) is 10.8. The van der Waals surface area contributed by atoms with Crippen molar-refractivity contribution in [1.29, 1.82) is 0 Å². The fourth-order valence-corrected chi connectivity index (χ4v) is 3.75. The van der Waals surface area contributed by atoms with Crippen molar-refractivity contribution in [3.63, 3.8) is 0 Å². The monoisotopic (exact) mass is 390 g/mol. The standard InChI is InChI=1S/C24H38O4/c1-6-18-13-14-19(20(23(25)26)11-7-9-16(2)3)22(15-18)21(24(27)28)12-8-10-17(4)5/h13-17,20-21H,6-12H2,1-5H3,(H,25,26)(H,27,28). The van der Waals surface area contributed by atoms with E-state index in [4.69, 9.17) is 0 Å². The molecule has 0 saturated carbocycles. The molecule has 0 bridgehead atoms. The molecule has 1 aromatic carbocycles. The fraction of sp³-hybridized carbons (Fsp3) is 0.667. The molecule has 0 aliphatic heterocycles. The van der Waals surface area contributed by atoms with E-state index in [2.05, 4.69) is 27.7 Å². The first-order valence-corrected chi connectivity index (χ1v) is 10.8. The quantitative estimate of drug-likeness (QED) is 0.418. The Balaban J connectivity index is 3.24. The highest BCUT2D eigenvalue weighted by atomic mass is 16.4. The summed E-state index contributed by atoms with van der Waals surface area (Å²) in [5.41, 5.74) is 2.44. The normalized spacial score (nSPS) is 13.7. The van der Waals surface area contributed by atoms with Gasteiger partial charge in [0.2, 0.25) is 0 Å². The van der Waals surface area contributed by atoms with Crippen LogP contribution in [0, 0.1) is 11.8 Å². The van der Waals surface area contributed by atoms with Crippen molar-refractivity contribution in [1.82, 2.24) is 0 Å². The molecule has 4 nitrogen and oxygen atoms in total. The van der Waals surface area contributed by atoms with Gasteiger partial charge in [0.15, 0.2) is 0 Å². The minimum Gasteiger partial charge on any atom is -0.481 e. The van der Waals surface area contributed by atoms with Gasteiger partial charge in [-0.3, -0.25) is 9.59 Å². The Morgan fingerprint density at radius 3 is 1.64 bits per heavy atom. The van der Waals surface area contributed by atoms with E-state index in [0.717, 1.165) is 37.7 Å². The molecule has 158 valence electrons. The van der Waals surface area contributed by atoms with Gasteiger partial charge in [0.05, 0.1) is 11.8 Å². The molecular formula is C24H38O4. The number of benzene rings is 1. The van der Waals surface area contributed by atoms with Crippen LogP contribution >= 0.6 is 0 Å². The lowest BCUT2D eigenvalue weighted by molar-refractivity contribution is -0.140. The van der Waals surface area contributed by atoms with Crippen molar-refractivity contribution in [3.05, 3.63) is 34.9 Å². The Bertz CT molecular complexity index is 633. The average Bonchev–Trinajstić information content (AvgIpc) is 2.61. The lowest BCUT2D eigenvalue weighted by atomic mass is 9.81. The predicted octanol–water partition coefficient (Wildman–Crippen LogP) is 6.24. The molecule has 28 heavy (non-hydrogen) atoms. The zero-order valence-electron chi connectivity index (χ0n) is 18.2. The summed E-state index contributed by atoms with van der Waals surface area (Å²) in [4.78, 5) is 24.1. The number of hydrogen-bond donors (Lipinski definition) is 2. The Morgan fingerprint density at radius 2 is 1.25 bits per heavy atom. The molecule has 0 amide bonds. The second kappa shape index (κ2) is 11.9. The topological polar surface area (TPSA) is 74.6 Å². The first kappa shape index (κ1) is 24.2. The van der Waals surface area contributed by atoms with Crippen LogP contribution in [-0.4, -0.2) is 22.2 Å². The van der Waals surface area contributed by atoms with Crippen molar-refractivity contribution in [2.24, 2.45) is 11.8 Å². The Hall–Kier alpha value is -1.84. The molecule has 0 spiro atoms. The Morgan fingerprint density at radius 1 is 0.786 bits per heavy atom. The van der Waals surface area contributed by atoms with Crippen LogP contribution in [0.1, 0.15) is 102 Å². The van der Waals surface area contributed by atoms with Crippen molar-refractivity contribution < 1.29 is 19.8 Å². The first-order chi connectivity index (χ1) is 13.2. The van der Waals surface area contributed by atoms with Gasteiger partial charge in [-0.05, 0) is 47.8 Å². The van der Waals surface area contributed by atoms with Crippen molar-refractivity contribution in [3.8, 4) is 0 Å². The maximum absolute atomic E-state index is 12.1. The Labute approximate surface area is 170 Å². The number of aliphatic carboxylic acids is 2. The highest BCUT2D eigenvalue weighted by molar-refractivity contribution is 5.80. The summed E-state index contributed by atoms with van der Waals surface area (Å²) in [6.45, 7) is 10.6. The van der Waals surface area contributed by atoms with Gasteiger partial charge in [-0.2, -0.15) is 0 Å². The molecule has 0 saturated heterocycles. The van der Waals surface area contributed by atoms with E-state index in [1.165, 1.54) is 0 Å². The molecule has 0 radical (unpaired) electrons. The zero-order valence-corrected chi connectivity index (χ0v) is 18.2. The minimum atomic E-state index is -0.861. The maximum atomic E-state index is 12.1. The zero-order chi connectivity index (χ0) is 21.3. The number of aryl methyl sites for hydroxylation is 1. The van der Waals surface area contributed by atoms with Gasteiger partial charge in [-0.25, -0.2) is 0 Å². The van der Waals surface area contributed by atoms with Crippen molar-refractivity contribution >= 4 is 11.9 Å². The van der Waals surface area contributed by atoms with Gasteiger partial charge < -0.3 is 10.2 Å². The Kier molecular flexibility index (Phi) is 10.3. The van der Waals surface area contributed by atoms with E-state index in [1.54, 1.807) is 0 Å². The molecule has 0 fully saturated rings. The van der Waals surface area contributed by atoms with Crippen LogP contribution < -0.4 is 0 Å². The molecular weight excluding hydrogens is 352 g/mol. The number of hydrogen-bond acceptors (Lipinski definition) is 2. The number of rotatable bonds is 13. The van der Waals surface area contributed by atoms with Gasteiger partial charge in [-0.15, -0.1) is 0 Å². The van der Waals surface area contributed by atoms with Crippen LogP contribution in [-0.2, 0) is 16.0 Å². The fourth-order valence-electron chi connectivity index (χ4n) is 3.75. The summed E-state index contributed by atoms with van der Waals surface area (Å²) in [5, 5.41) is 19.8. The van der Waals surface area contributed by atoms with Crippen LogP contribution in [0.4, 0.5) is 0 Å². The number of carboxylic acids is 2. The molecule has 2 N–H and O–H groups in total. The van der Waals surface area contributed by atoms with Crippen molar-refractivity contribution in [2.75, 3.05) is 0 Å². The van der Waals surface area contributed by atoms with Gasteiger partial charge in [-0.1, -0.05) is 78.5 Å². The summed E-state index contributed by atoms with van der Waals surface area (Å²) in [6, 6.07) is 5.74. The van der Waals surface area contributed by atoms with E-state index in [0.29, 0.717) is 35.8 Å². The van der Waals surface area contributed by atoms with Crippen molar-refractivity contribution in [2.45, 2.75) is 91.4 Å². The van der Waals surface area contributed by atoms with E-state index in [1.807, 2.05) is 25.1 Å². The average molecular weight is 391 g/mol. The summed E-state index contributed by atoms with van der Waals surface area (Å²) in [7, 11) is 0. The SMILES string of the molecule is CCc1ccc(C(CCCC(C)C)C(=O)O)c(C(CCCC(C)C)C(=O)O)c1. The highest BCUT2D eigenvalue weighted by Gasteiger charge is 2.29. The second-order valence-corrected chi connectivity index (χ2v) is 8.75. The van der Waals surface area contributed by atoms with Gasteiger partial charge >= 0.3 is 11.9 Å². The third-order valence-electron chi connectivity index (χ3n) is 5.46. The van der Waals surface area contributed by atoms with E-state index in [-0.39, 0.29) is 0 Å². The van der Waals surface area contributed by atoms with Crippen LogP contribution in [0.2, 0.25) is 0 Å². The van der Waals surface area contributed by atoms with Crippen LogP contribution in [0.25, 0.3) is 0 Å². The third kappa shape index (κ3) is 7.65. The smallest absolute Gasteiger partial charge is 0.310 e. The van der Waals surface area contributed by atoms with Gasteiger partial charge in [0.1, 0.15) is 0 Å². The number of carbonyl (C=O) groups is 2. The van der Waals surface area contributed by atoms with E-state index >= 15 is 0 Å². The lowest BCUT2D eigenvalue weighted by Gasteiger charge is -2.23. The molecule has 0 aromatic heterocycles. The van der Waals surface area contributed by atoms with Gasteiger partial charge in [0.25, 0.3) is 0 Å². The molecule has 0 heterocycles. The van der Waals surface area contributed by atoms with E-state index < -0.39 is 23.8 Å². The largest absolute Gasteiger partial charge is 0.481 e. The second-order valence-electron chi connectivity index (χ2n) is 8.75. The summed E-state index contributed by atoms with van der Waals surface area (Å²) in [5.74, 6) is -1.96. The lowest BCUT2D eigenvalue weighted by Crippen LogP contribution is -2.19. The van der Waals surface area contributed by atoms with Crippen LogP contribution in [0.15, 0.2) is 18.2 Å². The minimum absolute atomic E-state index is 0.527. The third-order valence-corrected chi connectivity index (χ3v) is 5.46. The molecule has 2 unspecified atom stereocenters. The maximum Gasteiger partial charge on any atom is 0.310 e. The molecule has 1 aromatic rings. The molecule has 0 aliphatic rings. The van der Waals surface area contributed by atoms with Gasteiger partial charge in [0, 0.05) is 0 Å². The molecule has 1 rings (SSSR count). The van der Waals surface area contributed by atoms with Crippen LogP contribution in [0.5, 0.6) is 0 Å². The highest BCUT2D eigenvalue weighted by Crippen LogP contribution is 2.34. The molecule has 4 heteroatoms. The number of carboxylic acid groups (broad SMARTS) is 2. The molecule has 2 atom stereocenters. The van der Waals surface area contributed by atoms with Crippen LogP contribution in [0.3, 0.4) is 0 Å². The summed E-state index contributed by atoms with van der Waals surface area (Å²) in [6.07, 6.45) is 5.50.